The van der Waals surface area contributed by atoms with E-state index in [9.17, 15) is 0 Å². The molecule has 2 heterocycles. The van der Waals surface area contributed by atoms with Crippen LogP contribution in [0.1, 0.15) is 51.4 Å². The summed E-state index contributed by atoms with van der Waals surface area (Å²) < 4.78 is 16.7. The molecule has 6 nitrogen and oxygen atoms in total. The Bertz CT molecular complexity index is 383. The summed E-state index contributed by atoms with van der Waals surface area (Å²) >= 11 is 0. The van der Waals surface area contributed by atoms with E-state index in [4.69, 9.17) is 14.0 Å². The SMILES string of the molecule is CCNC(C)c1nc(C2(OCC)CCOCC2)no1. The van der Waals surface area contributed by atoms with Crippen molar-refractivity contribution in [3.8, 4) is 0 Å². The minimum atomic E-state index is -0.444. The first-order valence-electron chi connectivity index (χ1n) is 7.01. The fourth-order valence-electron chi connectivity index (χ4n) is 2.40. The lowest BCUT2D eigenvalue weighted by Gasteiger charge is -2.33. The average molecular weight is 269 g/mol. The molecule has 0 saturated carbocycles. The van der Waals surface area contributed by atoms with E-state index >= 15 is 0 Å². The molecular weight excluding hydrogens is 246 g/mol. The number of nitrogens with zero attached hydrogens (tertiary/aromatic N) is 2. The minimum Gasteiger partial charge on any atom is -0.381 e. The molecule has 1 unspecified atom stereocenters. The van der Waals surface area contributed by atoms with Crippen LogP contribution in [0.2, 0.25) is 0 Å². The van der Waals surface area contributed by atoms with Crippen LogP contribution >= 0.6 is 0 Å². The van der Waals surface area contributed by atoms with Gasteiger partial charge in [0.25, 0.3) is 0 Å². The lowest BCUT2D eigenvalue weighted by Crippen LogP contribution is -2.37. The van der Waals surface area contributed by atoms with Crippen LogP contribution in [-0.4, -0.2) is 36.5 Å². The summed E-state index contributed by atoms with van der Waals surface area (Å²) in [6, 6.07) is 0.0600. The molecule has 1 N–H and O–H groups in total. The van der Waals surface area contributed by atoms with Crippen molar-refractivity contribution >= 4 is 0 Å². The molecule has 1 aliphatic rings. The van der Waals surface area contributed by atoms with Crippen LogP contribution < -0.4 is 5.32 Å². The third-order valence-corrected chi connectivity index (χ3v) is 3.45. The van der Waals surface area contributed by atoms with Gasteiger partial charge in [-0.2, -0.15) is 4.98 Å². The van der Waals surface area contributed by atoms with Crippen molar-refractivity contribution in [1.29, 1.82) is 0 Å². The van der Waals surface area contributed by atoms with Crippen LogP contribution in [0.25, 0.3) is 0 Å². The summed E-state index contributed by atoms with van der Waals surface area (Å²) in [5.74, 6) is 1.26. The number of hydrogen-bond acceptors (Lipinski definition) is 6. The molecule has 1 aromatic heterocycles. The first-order valence-corrected chi connectivity index (χ1v) is 7.01. The Hall–Kier alpha value is -0.980. The molecule has 6 heteroatoms. The van der Waals surface area contributed by atoms with E-state index in [1.54, 1.807) is 0 Å². The van der Waals surface area contributed by atoms with Crippen LogP contribution in [0.4, 0.5) is 0 Å². The van der Waals surface area contributed by atoms with E-state index < -0.39 is 5.60 Å². The van der Waals surface area contributed by atoms with E-state index in [0.29, 0.717) is 31.5 Å². The number of rotatable bonds is 6. The molecule has 1 saturated heterocycles. The Morgan fingerprint density at radius 2 is 2.11 bits per heavy atom. The highest BCUT2D eigenvalue weighted by Crippen LogP contribution is 2.34. The average Bonchev–Trinajstić information content (AvgIpc) is 2.91. The molecule has 0 amide bonds. The van der Waals surface area contributed by atoms with Crippen molar-refractivity contribution in [2.24, 2.45) is 0 Å². The van der Waals surface area contributed by atoms with Gasteiger partial charge in [0.15, 0.2) is 0 Å². The molecule has 2 rings (SSSR count). The van der Waals surface area contributed by atoms with Crippen molar-refractivity contribution in [2.75, 3.05) is 26.4 Å². The monoisotopic (exact) mass is 269 g/mol. The second-order valence-corrected chi connectivity index (χ2v) is 4.78. The van der Waals surface area contributed by atoms with E-state index in [-0.39, 0.29) is 6.04 Å². The smallest absolute Gasteiger partial charge is 0.243 e. The van der Waals surface area contributed by atoms with Gasteiger partial charge in [-0.3, -0.25) is 0 Å². The highest BCUT2D eigenvalue weighted by molar-refractivity contribution is 5.04. The number of nitrogens with one attached hydrogen (secondary N) is 1. The van der Waals surface area contributed by atoms with Crippen LogP contribution in [0.5, 0.6) is 0 Å². The molecular formula is C13H23N3O3. The molecule has 1 aromatic rings. The van der Waals surface area contributed by atoms with Crippen molar-refractivity contribution in [3.05, 3.63) is 11.7 Å². The molecule has 0 spiro atoms. The minimum absolute atomic E-state index is 0.0600. The molecule has 1 fully saturated rings. The third kappa shape index (κ3) is 3.13. The fourth-order valence-corrected chi connectivity index (χ4v) is 2.40. The van der Waals surface area contributed by atoms with Crippen LogP contribution in [0, 0.1) is 0 Å². The zero-order valence-electron chi connectivity index (χ0n) is 11.9. The zero-order valence-corrected chi connectivity index (χ0v) is 11.9. The first-order chi connectivity index (χ1) is 9.22. The second-order valence-electron chi connectivity index (χ2n) is 4.78. The maximum absolute atomic E-state index is 5.92. The van der Waals surface area contributed by atoms with Gasteiger partial charge in [-0.25, -0.2) is 0 Å². The van der Waals surface area contributed by atoms with E-state index in [0.717, 1.165) is 19.4 Å². The van der Waals surface area contributed by atoms with E-state index in [1.165, 1.54) is 0 Å². The normalized spacial score (nSPS) is 20.4. The maximum Gasteiger partial charge on any atom is 0.243 e. The van der Waals surface area contributed by atoms with Gasteiger partial charge >= 0.3 is 0 Å². The number of aromatic nitrogens is 2. The van der Waals surface area contributed by atoms with Gasteiger partial charge < -0.3 is 19.3 Å². The first kappa shape index (κ1) is 14.4. The number of hydrogen-bond donors (Lipinski definition) is 1. The zero-order chi connectivity index (χ0) is 13.7. The molecule has 0 bridgehead atoms. The van der Waals surface area contributed by atoms with Crippen molar-refractivity contribution in [1.82, 2.24) is 15.5 Å². The molecule has 1 aliphatic heterocycles. The van der Waals surface area contributed by atoms with E-state index in [2.05, 4.69) is 15.5 Å². The summed E-state index contributed by atoms with van der Waals surface area (Å²) in [4.78, 5) is 4.52. The van der Waals surface area contributed by atoms with Crippen molar-refractivity contribution in [2.45, 2.75) is 45.3 Å². The Morgan fingerprint density at radius 1 is 1.37 bits per heavy atom. The molecule has 1 atom stereocenters. The highest BCUT2D eigenvalue weighted by atomic mass is 16.5. The van der Waals surface area contributed by atoms with Gasteiger partial charge in [0.05, 0.1) is 6.04 Å². The summed E-state index contributed by atoms with van der Waals surface area (Å²) in [5.41, 5.74) is -0.444. The summed E-state index contributed by atoms with van der Waals surface area (Å²) in [5, 5.41) is 7.39. The second kappa shape index (κ2) is 6.45. The Morgan fingerprint density at radius 3 is 2.74 bits per heavy atom. The molecule has 19 heavy (non-hydrogen) atoms. The quantitative estimate of drug-likeness (QED) is 0.849. The molecule has 108 valence electrons. The van der Waals surface area contributed by atoms with Crippen molar-refractivity contribution in [3.63, 3.8) is 0 Å². The van der Waals surface area contributed by atoms with Gasteiger partial charge in [0.1, 0.15) is 5.60 Å². The molecule has 0 aromatic carbocycles. The maximum atomic E-state index is 5.92. The highest BCUT2D eigenvalue weighted by Gasteiger charge is 2.40. The Balaban J connectivity index is 2.18. The van der Waals surface area contributed by atoms with Gasteiger partial charge in [-0.05, 0) is 20.4 Å². The Kier molecular flexibility index (Phi) is 4.90. The van der Waals surface area contributed by atoms with Gasteiger partial charge in [-0.1, -0.05) is 12.1 Å². The summed E-state index contributed by atoms with van der Waals surface area (Å²) in [7, 11) is 0. The lowest BCUT2D eigenvalue weighted by molar-refractivity contribution is -0.118. The predicted molar refractivity (Wildman–Crippen MR) is 69.7 cm³/mol. The topological polar surface area (TPSA) is 69.4 Å². The van der Waals surface area contributed by atoms with Crippen LogP contribution in [-0.2, 0) is 15.1 Å². The molecule has 0 radical (unpaired) electrons. The van der Waals surface area contributed by atoms with E-state index in [1.807, 2.05) is 20.8 Å². The standard InChI is InChI=1S/C13H23N3O3/c1-4-14-10(3)11-15-12(16-19-11)13(18-5-2)6-8-17-9-7-13/h10,14H,4-9H2,1-3H3. The Labute approximate surface area is 113 Å². The lowest BCUT2D eigenvalue weighted by atomic mass is 9.93. The van der Waals surface area contributed by atoms with Crippen molar-refractivity contribution < 1.29 is 14.0 Å². The fraction of sp³-hybridized carbons (Fsp3) is 0.846. The van der Waals surface area contributed by atoms with Gasteiger partial charge in [0, 0.05) is 32.7 Å². The third-order valence-electron chi connectivity index (χ3n) is 3.45. The van der Waals surface area contributed by atoms with Gasteiger partial charge in [0.2, 0.25) is 11.7 Å². The largest absolute Gasteiger partial charge is 0.381 e. The summed E-state index contributed by atoms with van der Waals surface area (Å²) in [6.45, 7) is 8.89. The predicted octanol–water partition coefficient (Wildman–Crippen LogP) is 1.78. The molecule has 0 aliphatic carbocycles. The summed E-state index contributed by atoms with van der Waals surface area (Å²) in [6.07, 6.45) is 1.55. The van der Waals surface area contributed by atoms with Gasteiger partial charge in [-0.15, -0.1) is 0 Å². The van der Waals surface area contributed by atoms with Crippen LogP contribution in [0.15, 0.2) is 4.52 Å². The van der Waals surface area contributed by atoms with Crippen LogP contribution in [0.3, 0.4) is 0 Å². The number of ether oxygens (including phenoxy) is 2.